The van der Waals surface area contributed by atoms with Gasteiger partial charge in [0, 0.05) is 24.7 Å². The second kappa shape index (κ2) is 7.08. The number of aliphatic hydroxyl groups is 1. The van der Waals surface area contributed by atoms with E-state index in [0.29, 0.717) is 12.5 Å². The molecule has 0 aliphatic rings. The van der Waals surface area contributed by atoms with Crippen LogP contribution in [0.15, 0.2) is 24.3 Å². The Morgan fingerprint density at radius 2 is 2.17 bits per heavy atom. The molecule has 5 heteroatoms. The fourth-order valence-corrected chi connectivity index (χ4v) is 1.83. The second-order valence-corrected chi connectivity index (χ2v) is 4.82. The number of aliphatic hydroxyl groups excluding tert-OH is 1. The molecule has 0 radical (unpaired) electrons. The Hall–Kier alpha value is -1.46. The first-order chi connectivity index (χ1) is 8.52. The molecule has 0 saturated carbocycles. The van der Waals surface area contributed by atoms with Gasteiger partial charge in [0.15, 0.2) is 0 Å². The normalized spacial score (nSPS) is 12.7. The van der Waals surface area contributed by atoms with Gasteiger partial charge in [-0.1, -0.05) is 26.0 Å². The molecule has 0 heterocycles. The van der Waals surface area contributed by atoms with Crippen LogP contribution < -0.4 is 5.32 Å². The summed E-state index contributed by atoms with van der Waals surface area (Å²) < 4.78 is 0. The summed E-state index contributed by atoms with van der Waals surface area (Å²) in [6.07, 6.45) is 0.880. The van der Waals surface area contributed by atoms with Crippen LogP contribution in [0.4, 0.5) is 5.69 Å². The molecule has 0 aliphatic carbocycles. The van der Waals surface area contributed by atoms with Gasteiger partial charge in [0.25, 0.3) is 5.69 Å². The molecule has 1 aromatic carbocycles. The van der Waals surface area contributed by atoms with E-state index in [9.17, 15) is 15.2 Å². The molecule has 2 N–H and O–H groups in total. The van der Waals surface area contributed by atoms with Crippen molar-refractivity contribution < 1.29 is 10.0 Å². The van der Waals surface area contributed by atoms with Gasteiger partial charge in [0.1, 0.15) is 0 Å². The van der Waals surface area contributed by atoms with E-state index >= 15 is 0 Å². The minimum Gasteiger partial charge on any atom is -0.395 e. The number of nitro groups is 1. The van der Waals surface area contributed by atoms with E-state index in [1.165, 1.54) is 6.07 Å². The average molecular weight is 252 g/mol. The van der Waals surface area contributed by atoms with Crippen molar-refractivity contribution in [3.05, 3.63) is 39.9 Å². The third kappa shape index (κ3) is 4.81. The fourth-order valence-electron chi connectivity index (χ4n) is 1.83. The lowest BCUT2D eigenvalue weighted by molar-refractivity contribution is -0.384. The van der Waals surface area contributed by atoms with Crippen LogP contribution in [0.25, 0.3) is 0 Å². The van der Waals surface area contributed by atoms with Crippen LogP contribution in [0, 0.1) is 16.0 Å². The Bertz CT molecular complexity index is 394. The number of rotatable bonds is 7. The van der Waals surface area contributed by atoms with Crippen molar-refractivity contribution in [1.29, 1.82) is 0 Å². The predicted molar refractivity (Wildman–Crippen MR) is 70.3 cm³/mol. The van der Waals surface area contributed by atoms with E-state index in [1.54, 1.807) is 12.1 Å². The lowest BCUT2D eigenvalue weighted by Gasteiger charge is -2.18. The number of nitro benzene ring substituents is 1. The van der Waals surface area contributed by atoms with Crippen LogP contribution in [-0.4, -0.2) is 22.7 Å². The van der Waals surface area contributed by atoms with Gasteiger partial charge in [0.2, 0.25) is 0 Å². The van der Waals surface area contributed by atoms with Crippen LogP contribution in [0.3, 0.4) is 0 Å². The van der Waals surface area contributed by atoms with Crippen molar-refractivity contribution in [1.82, 2.24) is 5.32 Å². The third-order valence-electron chi connectivity index (χ3n) is 2.69. The maximum Gasteiger partial charge on any atom is 0.269 e. The quantitative estimate of drug-likeness (QED) is 0.575. The topological polar surface area (TPSA) is 75.4 Å². The number of hydrogen-bond acceptors (Lipinski definition) is 4. The van der Waals surface area contributed by atoms with Gasteiger partial charge in [-0.25, -0.2) is 0 Å². The molecule has 0 fully saturated rings. The van der Waals surface area contributed by atoms with Crippen molar-refractivity contribution in [2.45, 2.75) is 32.9 Å². The van der Waals surface area contributed by atoms with Crippen LogP contribution in [-0.2, 0) is 6.54 Å². The summed E-state index contributed by atoms with van der Waals surface area (Å²) in [5, 5.41) is 23.1. The molecule has 18 heavy (non-hydrogen) atoms. The van der Waals surface area contributed by atoms with Crippen molar-refractivity contribution >= 4 is 5.69 Å². The zero-order valence-electron chi connectivity index (χ0n) is 10.8. The lowest BCUT2D eigenvalue weighted by atomic mass is 10.0. The van der Waals surface area contributed by atoms with Crippen LogP contribution in [0.2, 0.25) is 0 Å². The summed E-state index contributed by atoms with van der Waals surface area (Å²) >= 11 is 0. The van der Waals surface area contributed by atoms with Gasteiger partial charge >= 0.3 is 0 Å². The first-order valence-electron chi connectivity index (χ1n) is 6.10. The molecule has 5 nitrogen and oxygen atoms in total. The highest BCUT2D eigenvalue weighted by Gasteiger charge is 2.10. The first-order valence-corrected chi connectivity index (χ1v) is 6.10. The fraction of sp³-hybridized carbons (Fsp3) is 0.538. The minimum absolute atomic E-state index is 0.0317. The zero-order chi connectivity index (χ0) is 13.5. The Labute approximate surface area is 107 Å². The molecule has 0 spiro atoms. The number of nitrogens with zero attached hydrogens (tertiary/aromatic N) is 1. The highest BCUT2D eigenvalue weighted by atomic mass is 16.6. The standard InChI is InChI=1S/C13H20N2O3/c1-10(2)6-12(9-16)14-8-11-4-3-5-13(7-11)15(17)18/h3-5,7,10,12,14,16H,6,8-9H2,1-2H3. The van der Waals surface area contributed by atoms with Gasteiger partial charge in [-0.3, -0.25) is 10.1 Å². The minimum atomic E-state index is -0.402. The first kappa shape index (κ1) is 14.6. The molecule has 0 bridgehead atoms. The summed E-state index contributed by atoms with van der Waals surface area (Å²) in [5.74, 6) is 0.500. The molecular weight excluding hydrogens is 232 g/mol. The highest BCUT2D eigenvalue weighted by molar-refractivity contribution is 5.34. The predicted octanol–water partition coefficient (Wildman–Crippen LogP) is 2.09. The van der Waals surface area contributed by atoms with Gasteiger partial charge < -0.3 is 10.4 Å². The smallest absolute Gasteiger partial charge is 0.269 e. The molecule has 0 aromatic heterocycles. The van der Waals surface area contributed by atoms with E-state index in [2.05, 4.69) is 19.2 Å². The van der Waals surface area contributed by atoms with Crippen molar-refractivity contribution in [3.63, 3.8) is 0 Å². The van der Waals surface area contributed by atoms with Crippen LogP contribution >= 0.6 is 0 Å². The van der Waals surface area contributed by atoms with Gasteiger partial charge in [-0.2, -0.15) is 0 Å². The van der Waals surface area contributed by atoms with Gasteiger partial charge in [-0.15, -0.1) is 0 Å². The van der Waals surface area contributed by atoms with E-state index in [4.69, 9.17) is 0 Å². The van der Waals surface area contributed by atoms with Crippen LogP contribution in [0.5, 0.6) is 0 Å². The molecule has 0 aliphatic heterocycles. The molecular formula is C13H20N2O3. The number of non-ortho nitro benzene ring substituents is 1. The van der Waals surface area contributed by atoms with Crippen molar-refractivity contribution in [2.75, 3.05) is 6.61 Å². The van der Waals surface area contributed by atoms with Gasteiger partial charge in [-0.05, 0) is 17.9 Å². The largest absolute Gasteiger partial charge is 0.395 e. The summed E-state index contributed by atoms with van der Waals surface area (Å²) in [4.78, 5) is 10.2. The number of nitrogens with one attached hydrogen (secondary N) is 1. The van der Waals surface area contributed by atoms with Crippen molar-refractivity contribution in [3.8, 4) is 0 Å². The molecule has 1 aromatic rings. The maximum atomic E-state index is 10.6. The summed E-state index contributed by atoms with van der Waals surface area (Å²) in [5.41, 5.74) is 0.949. The molecule has 0 amide bonds. The van der Waals surface area contributed by atoms with E-state index in [1.807, 2.05) is 6.07 Å². The van der Waals surface area contributed by atoms with E-state index in [0.717, 1.165) is 12.0 Å². The molecule has 0 saturated heterocycles. The number of benzene rings is 1. The molecule has 100 valence electrons. The molecule has 1 unspecified atom stereocenters. The third-order valence-corrected chi connectivity index (χ3v) is 2.69. The summed E-state index contributed by atoms with van der Waals surface area (Å²) in [6.45, 7) is 4.79. The molecule has 1 rings (SSSR count). The van der Waals surface area contributed by atoms with E-state index < -0.39 is 4.92 Å². The SMILES string of the molecule is CC(C)CC(CO)NCc1cccc([N+](=O)[O-])c1. The van der Waals surface area contributed by atoms with E-state index in [-0.39, 0.29) is 18.3 Å². The highest BCUT2D eigenvalue weighted by Crippen LogP contribution is 2.13. The Balaban J connectivity index is 2.56. The van der Waals surface area contributed by atoms with Crippen molar-refractivity contribution in [2.24, 2.45) is 5.92 Å². The Morgan fingerprint density at radius 1 is 1.44 bits per heavy atom. The second-order valence-electron chi connectivity index (χ2n) is 4.82. The van der Waals surface area contributed by atoms with Crippen LogP contribution in [0.1, 0.15) is 25.8 Å². The Kier molecular flexibility index (Phi) is 5.74. The molecule has 1 atom stereocenters. The lowest BCUT2D eigenvalue weighted by Crippen LogP contribution is -2.33. The average Bonchev–Trinajstić information content (AvgIpc) is 2.34. The zero-order valence-corrected chi connectivity index (χ0v) is 10.8. The monoisotopic (exact) mass is 252 g/mol. The Morgan fingerprint density at radius 3 is 2.72 bits per heavy atom. The summed E-state index contributed by atoms with van der Waals surface area (Å²) in [6, 6.07) is 6.57. The summed E-state index contributed by atoms with van der Waals surface area (Å²) in [7, 11) is 0. The van der Waals surface area contributed by atoms with Gasteiger partial charge in [0.05, 0.1) is 11.5 Å². The number of hydrogen-bond donors (Lipinski definition) is 2. The maximum absolute atomic E-state index is 10.6.